The molecule has 1 aromatic heterocycles. The predicted octanol–water partition coefficient (Wildman–Crippen LogP) is 2.38. The smallest absolute Gasteiger partial charge is 0.229 e. The van der Waals surface area contributed by atoms with Gasteiger partial charge < -0.3 is 10.2 Å². The molecule has 1 aliphatic rings. The third-order valence-corrected chi connectivity index (χ3v) is 4.35. The molecule has 1 unspecified atom stereocenters. The summed E-state index contributed by atoms with van der Waals surface area (Å²) in [4.78, 5) is 26.1. The lowest BCUT2D eigenvalue weighted by molar-refractivity contribution is -0.130. The topological polar surface area (TPSA) is 67.2 Å². The first-order valence-electron chi connectivity index (χ1n) is 8.28. The minimum atomic E-state index is -0.159. The van der Waals surface area contributed by atoms with Gasteiger partial charge >= 0.3 is 0 Å². The standard InChI is InChI=1S/C18H22N4O2/c1-3-17(23)21-10-9-14(12-21)18(24)19-15-6-4-5-7-16(15)22-11-8-13(2)20-22/h4-8,11,14H,3,9-10,12H2,1-2H3,(H,19,24). The molecule has 1 aromatic carbocycles. The van der Waals surface area contributed by atoms with Gasteiger partial charge in [0.1, 0.15) is 0 Å². The minimum absolute atomic E-state index is 0.0438. The molecule has 6 heteroatoms. The number of carbonyl (C=O) groups is 2. The molecule has 0 spiro atoms. The lowest BCUT2D eigenvalue weighted by atomic mass is 10.1. The van der Waals surface area contributed by atoms with Crippen molar-refractivity contribution in [1.29, 1.82) is 0 Å². The first kappa shape index (κ1) is 16.2. The average molecular weight is 326 g/mol. The summed E-state index contributed by atoms with van der Waals surface area (Å²) in [5, 5.41) is 7.41. The molecule has 0 saturated carbocycles. The molecule has 0 radical (unpaired) electrons. The summed E-state index contributed by atoms with van der Waals surface area (Å²) in [6.45, 7) is 4.93. The molecule has 1 saturated heterocycles. The van der Waals surface area contributed by atoms with Crippen LogP contribution >= 0.6 is 0 Å². The summed E-state index contributed by atoms with van der Waals surface area (Å²) in [5.74, 6) is -0.0941. The molecule has 1 N–H and O–H groups in total. The normalized spacial score (nSPS) is 17.1. The van der Waals surface area contributed by atoms with E-state index in [-0.39, 0.29) is 17.7 Å². The molecule has 3 rings (SSSR count). The van der Waals surface area contributed by atoms with Crippen LogP contribution in [0, 0.1) is 12.8 Å². The second-order valence-corrected chi connectivity index (χ2v) is 6.09. The van der Waals surface area contributed by atoms with Gasteiger partial charge in [0, 0.05) is 25.7 Å². The van der Waals surface area contributed by atoms with E-state index in [9.17, 15) is 9.59 Å². The molecule has 1 atom stereocenters. The third kappa shape index (κ3) is 3.32. The minimum Gasteiger partial charge on any atom is -0.342 e. The third-order valence-electron chi connectivity index (χ3n) is 4.35. The molecule has 2 heterocycles. The number of para-hydroxylation sites is 2. The number of aromatic nitrogens is 2. The van der Waals surface area contributed by atoms with Crippen LogP contribution in [0.3, 0.4) is 0 Å². The Morgan fingerprint density at radius 1 is 1.29 bits per heavy atom. The van der Waals surface area contributed by atoms with Crippen LogP contribution in [-0.2, 0) is 9.59 Å². The molecule has 2 amide bonds. The lowest BCUT2D eigenvalue weighted by Crippen LogP contribution is -2.31. The number of hydrogen-bond donors (Lipinski definition) is 1. The Bertz CT molecular complexity index is 753. The summed E-state index contributed by atoms with van der Waals surface area (Å²) in [7, 11) is 0. The van der Waals surface area contributed by atoms with Crippen LogP contribution in [0.4, 0.5) is 5.69 Å². The van der Waals surface area contributed by atoms with Crippen LogP contribution in [0.5, 0.6) is 0 Å². The first-order chi connectivity index (χ1) is 11.6. The number of hydrogen-bond acceptors (Lipinski definition) is 3. The second kappa shape index (κ2) is 6.86. The van der Waals surface area contributed by atoms with Gasteiger partial charge in [-0.2, -0.15) is 5.10 Å². The Hall–Kier alpha value is -2.63. The van der Waals surface area contributed by atoms with E-state index in [4.69, 9.17) is 0 Å². The number of aryl methyl sites for hydroxylation is 1. The SMILES string of the molecule is CCC(=O)N1CCC(C(=O)Nc2ccccc2-n2ccc(C)n2)C1. The van der Waals surface area contributed by atoms with E-state index < -0.39 is 0 Å². The Morgan fingerprint density at radius 2 is 2.08 bits per heavy atom. The van der Waals surface area contributed by atoms with Gasteiger partial charge in [0.2, 0.25) is 11.8 Å². The van der Waals surface area contributed by atoms with Crippen molar-refractivity contribution in [2.24, 2.45) is 5.92 Å². The van der Waals surface area contributed by atoms with Gasteiger partial charge in [-0.15, -0.1) is 0 Å². The van der Waals surface area contributed by atoms with E-state index in [1.165, 1.54) is 0 Å². The van der Waals surface area contributed by atoms with E-state index in [1.54, 1.807) is 9.58 Å². The van der Waals surface area contributed by atoms with Gasteiger partial charge in [-0.05, 0) is 31.5 Å². The van der Waals surface area contributed by atoms with Crippen LogP contribution in [0.2, 0.25) is 0 Å². The van der Waals surface area contributed by atoms with Crippen LogP contribution in [0.1, 0.15) is 25.5 Å². The van der Waals surface area contributed by atoms with Crippen molar-refractivity contribution in [3.05, 3.63) is 42.2 Å². The van der Waals surface area contributed by atoms with Crippen molar-refractivity contribution < 1.29 is 9.59 Å². The zero-order chi connectivity index (χ0) is 17.1. The van der Waals surface area contributed by atoms with Crippen molar-refractivity contribution in [2.75, 3.05) is 18.4 Å². The fraction of sp³-hybridized carbons (Fsp3) is 0.389. The summed E-state index contributed by atoms with van der Waals surface area (Å²) in [6, 6.07) is 9.51. The highest BCUT2D eigenvalue weighted by Gasteiger charge is 2.30. The Morgan fingerprint density at radius 3 is 2.79 bits per heavy atom. The van der Waals surface area contributed by atoms with Crippen LogP contribution in [0.15, 0.2) is 36.5 Å². The van der Waals surface area contributed by atoms with Gasteiger partial charge in [0.25, 0.3) is 0 Å². The van der Waals surface area contributed by atoms with Gasteiger partial charge in [0.05, 0.1) is 23.0 Å². The maximum Gasteiger partial charge on any atom is 0.229 e. The van der Waals surface area contributed by atoms with Crippen molar-refractivity contribution in [3.8, 4) is 5.69 Å². The summed E-state index contributed by atoms with van der Waals surface area (Å²) >= 11 is 0. The molecule has 0 aliphatic carbocycles. The van der Waals surface area contributed by atoms with Crippen molar-refractivity contribution in [1.82, 2.24) is 14.7 Å². The van der Waals surface area contributed by atoms with Crippen molar-refractivity contribution in [2.45, 2.75) is 26.7 Å². The van der Waals surface area contributed by atoms with E-state index in [0.717, 1.165) is 17.1 Å². The Kier molecular flexibility index (Phi) is 4.64. The molecular formula is C18H22N4O2. The van der Waals surface area contributed by atoms with Gasteiger partial charge in [-0.25, -0.2) is 4.68 Å². The maximum absolute atomic E-state index is 12.6. The van der Waals surface area contributed by atoms with Crippen LogP contribution in [0.25, 0.3) is 5.69 Å². The van der Waals surface area contributed by atoms with Crippen LogP contribution < -0.4 is 5.32 Å². The monoisotopic (exact) mass is 326 g/mol. The highest BCUT2D eigenvalue weighted by molar-refractivity contribution is 5.95. The van der Waals surface area contributed by atoms with E-state index in [1.807, 2.05) is 50.4 Å². The fourth-order valence-electron chi connectivity index (χ4n) is 2.99. The Labute approximate surface area is 141 Å². The molecule has 1 fully saturated rings. The van der Waals surface area contributed by atoms with Crippen molar-refractivity contribution in [3.63, 3.8) is 0 Å². The first-order valence-corrected chi connectivity index (χ1v) is 8.28. The Balaban J connectivity index is 1.73. The summed E-state index contributed by atoms with van der Waals surface area (Å²) in [6.07, 6.45) is 3.06. The molecule has 126 valence electrons. The molecule has 6 nitrogen and oxygen atoms in total. The van der Waals surface area contributed by atoms with E-state index in [0.29, 0.717) is 25.9 Å². The lowest BCUT2D eigenvalue weighted by Gasteiger charge is -2.16. The number of amides is 2. The number of nitrogens with zero attached hydrogens (tertiary/aromatic N) is 3. The van der Waals surface area contributed by atoms with E-state index >= 15 is 0 Å². The molecule has 0 bridgehead atoms. The molecule has 1 aliphatic heterocycles. The van der Waals surface area contributed by atoms with Gasteiger partial charge in [-0.1, -0.05) is 19.1 Å². The maximum atomic E-state index is 12.6. The highest BCUT2D eigenvalue weighted by Crippen LogP contribution is 2.23. The number of likely N-dealkylation sites (tertiary alicyclic amines) is 1. The number of benzene rings is 1. The zero-order valence-corrected chi connectivity index (χ0v) is 14.0. The summed E-state index contributed by atoms with van der Waals surface area (Å²) in [5.41, 5.74) is 2.48. The predicted molar refractivity (Wildman–Crippen MR) is 91.9 cm³/mol. The molecule has 24 heavy (non-hydrogen) atoms. The average Bonchev–Trinajstić information content (AvgIpc) is 3.24. The molecule has 2 aromatic rings. The van der Waals surface area contributed by atoms with Gasteiger partial charge in [0.15, 0.2) is 0 Å². The quantitative estimate of drug-likeness (QED) is 0.938. The zero-order valence-electron chi connectivity index (χ0n) is 14.0. The number of rotatable bonds is 4. The largest absolute Gasteiger partial charge is 0.342 e. The number of carbonyl (C=O) groups excluding carboxylic acids is 2. The number of anilines is 1. The van der Waals surface area contributed by atoms with Gasteiger partial charge in [-0.3, -0.25) is 9.59 Å². The second-order valence-electron chi connectivity index (χ2n) is 6.09. The fourth-order valence-corrected chi connectivity index (χ4v) is 2.99. The van der Waals surface area contributed by atoms with Crippen LogP contribution in [-0.4, -0.2) is 39.6 Å². The molecular weight excluding hydrogens is 304 g/mol. The number of nitrogens with one attached hydrogen (secondary N) is 1. The highest BCUT2D eigenvalue weighted by atomic mass is 16.2. The van der Waals surface area contributed by atoms with Crippen molar-refractivity contribution >= 4 is 17.5 Å². The summed E-state index contributed by atoms with van der Waals surface area (Å²) < 4.78 is 1.76. The van der Waals surface area contributed by atoms with E-state index in [2.05, 4.69) is 10.4 Å².